The molecule has 0 fully saturated rings. The van der Waals surface area contributed by atoms with Crippen molar-refractivity contribution in [2.45, 2.75) is 32.4 Å². The standard InChI is InChI=1S/C12H16N2O5/c1-7(2)19-9-4-3-8(5-10(13)12(15)16)11(6-9)14(17)18/h3-4,6-7,10H,5,13H2,1-2H3,(H,15,16). The number of benzene rings is 1. The van der Waals surface area contributed by atoms with Crippen LogP contribution in [0.4, 0.5) is 5.69 Å². The van der Waals surface area contributed by atoms with E-state index in [0.717, 1.165) is 0 Å². The average Bonchev–Trinajstić information content (AvgIpc) is 2.29. The van der Waals surface area contributed by atoms with Gasteiger partial charge in [-0.25, -0.2) is 0 Å². The number of hydrogen-bond donors (Lipinski definition) is 2. The summed E-state index contributed by atoms with van der Waals surface area (Å²) >= 11 is 0. The second-order valence-electron chi connectivity index (χ2n) is 4.36. The Labute approximate surface area is 110 Å². The highest BCUT2D eigenvalue weighted by atomic mass is 16.6. The first-order valence-corrected chi connectivity index (χ1v) is 5.73. The highest BCUT2D eigenvalue weighted by Gasteiger charge is 2.20. The molecule has 0 saturated heterocycles. The summed E-state index contributed by atoms with van der Waals surface area (Å²) < 4.78 is 5.36. The molecule has 0 bridgehead atoms. The van der Waals surface area contributed by atoms with Crippen LogP contribution in [-0.4, -0.2) is 28.1 Å². The average molecular weight is 268 g/mol. The number of nitrogens with zero attached hydrogens (tertiary/aromatic N) is 1. The normalized spacial score (nSPS) is 12.2. The molecule has 1 aromatic rings. The van der Waals surface area contributed by atoms with Gasteiger partial charge in [0.25, 0.3) is 5.69 Å². The van der Waals surface area contributed by atoms with E-state index >= 15 is 0 Å². The Kier molecular flexibility index (Phi) is 4.82. The van der Waals surface area contributed by atoms with Gasteiger partial charge in [0.05, 0.1) is 17.1 Å². The molecule has 1 aromatic carbocycles. The molecule has 0 aliphatic heterocycles. The summed E-state index contributed by atoms with van der Waals surface area (Å²) in [6.07, 6.45) is -0.208. The van der Waals surface area contributed by atoms with Gasteiger partial charge in [-0.3, -0.25) is 14.9 Å². The number of nitrogens with two attached hydrogens (primary N) is 1. The molecule has 0 aromatic heterocycles. The molecule has 1 unspecified atom stereocenters. The van der Waals surface area contributed by atoms with Gasteiger partial charge in [0.2, 0.25) is 0 Å². The summed E-state index contributed by atoms with van der Waals surface area (Å²) in [4.78, 5) is 21.1. The predicted octanol–water partition coefficient (Wildman–Crippen LogP) is 1.34. The molecule has 0 saturated carbocycles. The van der Waals surface area contributed by atoms with Crippen molar-refractivity contribution in [2.75, 3.05) is 0 Å². The number of rotatable bonds is 6. The molecule has 7 heteroatoms. The molecule has 19 heavy (non-hydrogen) atoms. The lowest BCUT2D eigenvalue weighted by Crippen LogP contribution is -2.32. The molecular weight excluding hydrogens is 252 g/mol. The zero-order valence-corrected chi connectivity index (χ0v) is 10.7. The summed E-state index contributed by atoms with van der Waals surface area (Å²) in [5.74, 6) is -0.828. The Morgan fingerprint density at radius 1 is 1.53 bits per heavy atom. The van der Waals surface area contributed by atoms with Crippen LogP contribution >= 0.6 is 0 Å². The number of carboxylic acid groups (broad SMARTS) is 1. The quantitative estimate of drug-likeness (QED) is 0.594. The van der Waals surface area contributed by atoms with Crippen LogP contribution in [0.15, 0.2) is 18.2 Å². The summed E-state index contributed by atoms with van der Waals surface area (Å²) in [6.45, 7) is 3.61. The third-order valence-electron chi connectivity index (χ3n) is 2.38. The Bertz CT molecular complexity index is 487. The van der Waals surface area contributed by atoms with Gasteiger partial charge in [-0.1, -0.05) is 0 Å². The summed E-state index contributed by atoms with van der Waals surface area (Å²) in [5.41, 5.74) is 5.47. The van der Waals surface area contributed by atoms with E-state index in [1.54, 1.807) is 19.9 Å². The first kappa shape index (κ1) is 14.9. The second-order valence-corrected chi connectivity index (χ2v) is 4.36. The Morgan fingerprint density at radius 3 is 2.63 bits per heavy atom. The third-order valence-corrected chi connectivity index (χ3v) is 2.38. The predicted molar refractivity (Wildman–Crippen MR) is 68.2 cm³/mol. The topological polar surface area (TPSA) is 116 Å². The van der Waals surface area contributed by atoms with E-state index in [4.69, 9.17) is 15.6 Å². The third kappa shape index (κ3) is 4.22. The van der Waals surface area contributed by atoms with Crippen molar-refractivity contribution >= 4 is 11.7 Å². The Balaban J connectivity index is 3.04. The molecule has 3 N–H and O–H groups in total. The lowest BCUT2D eigenvalue weighted by atomic mass is 10.0. The van der Waals surface area contributed by atoms with Crippen molar-refractivity contribution in [3.63, 3.8) is 0 Å². The number of nitro groups is 1. The SMILES string of the molecule is CC(C)Oc1ccc(CC(N)C(=O)O)c([N+](=O)[O-])c1. The molecule has 1 rings (SSSR count). The van der Waals surface area contributed by atoms with Crippen LogP contribution in [-0.2, 0) is 11.2 Å². The molecule has 0 spiro atoms. The Morgan fingerprint density at radius 2 is 2.16 bits per heavy atom. The van der Waals surface area contributed by atoms with Crippen LogP contribution in [0.25, 0.3) is 0 Å². The van der Waals surface area contributed by atoms with Crippen molar-refractivity contribution in [1.82, 2.24) is 0 Å². The number of nitro benzene ring substituents is 1. The molecule has 0 radical (unpaired) electrons. The molecule has 0 heterocycles. The van der Waals surface area contributed by atoms with Crippen LogP contribution in [0.3, 0.4) is 0 Å². The number of carbonyl (C=O) groups is 1. The van der Waals surface area contributed by atoms with E-state index in [-0.39, 0.29) is 23.8 Å². The van der Waals surface area contributed by atoms with Crippen LogP contribution < -0.4 is 10.5 Å². The van der Waals surface area contributed by atoms with Crippen molar-refractivity contribution in [3.05, 3.63) is 33.9 Å². The van der Waals surface area contributed by atoms with Gasteiger partial charge >= 0.3 is 5.97 Å². The highest BCUT2D eigenvalue weighted by Crippen LogP contribution is 2.26. The van der Waals surface area contributed by atoms with Crippen molar-refractivity contribution in [3.8, 4) is 5.75 Å². The molecule has 1 atom stereocenters. The zero-order chi connectivity index (χ0) is 14.6. The fourth-order valence-electron chi connectivity index (χ4n) is 1.56. The van der Waals surface area contributed by atoms with Gasteiger partial charge in [0.1, 0.15) is 11.8 Å². The minimum atomic E-state index is -1.20. The van der Waals surface area contributed by atoms with Crippen molar-refractivity contribution in [1.29, 1.82) is 0 Å². The van der Waals surface area contributed by atoms with E-state index in [0.29, 0.717) is 5.75 Å². The van der Waals surface area contributed by atoms with E-state index in [2.05, 4.69) is 0 Å². The van der Waals surface area contributed by atoms with E-state index < -0.39 is 16.9 Å². The van der Waals surface area contributed by atoms with Crippen molar-refractivity contribution < 1.29 is 19.6 Å². The summed E-state index contributed by atoms with van der Waals surface area (Å²) in [6, 6.07) is 3.15. The van der Waals surface area contributed by atoms with Gasteiger partial charge in [-0.05, 0) is 26.0 Å². The van der Waals surface area contributed by atoms with Crippen molar-refractivity contribution in [2.24, 2.45) is 5.73 Å². The van der Waals surface area contributed by atoms with Gasteiger partial charge in [0, 0.05) is 12.0 Å². The highest BCUT2D eigenvalue weighted by molar-refractivity contribution is 5.73. The van der Waals surface area contributed by atoms with Crippen LogP contribution in [0, 0.1) is 10.1 Å². The van der Waals surface area contributed by atoms with E-state index in [9.17, 15) is 14.9 Å². The lowest BCUT2D eigenvalue weighted by Gasteiger charge is -2.11. The molecule has 7 nitrogen and oxygen atoms in total. The van der Waals surface area contributed by atoms with Gasteiger partial charge < -0.3 is 15.6 Å². The van der Waals surface area contributed by atoms with Gasteiger partial charge in [-0.2, -0.15) is 0 Å². The minimum Gasteiger partial charge on any atom is -0.491 e. The summed E-state index contributed by atoms with van der Waals surface area (Å²) in [5, 5.41) is 19.7. The van der Waals surface area contributed by atoms with Gasteiger partial charge in [0.15, 0.2) is 0 Å². The molecule has 104 valence electrons. The fraction of sp³-hybridized carbons (Fsp3) is 0.417. The maximum atomic E-state index is 11.0. The fourth-order valence-corrected chi connectivity index (χ4v) is 1.56. The largest absolute Gasteiger partial charge is 0.491 e. The maximum absolute atomic E-state index is 11.0. The van der Waals surface area contributed by atoms with E-state index in [1.165, 1.54) is 12.1 Å². The molecule has 0 aliphatic carbocycles. The van der Waals surface area contributed by atoms with Crippen LogP contribution in [0.1, 0.15) is 19.4 Å². The minimum absolute atomic E-state index is 0.104. The maximum Gasteiger partial charge on any atom is 0.320 e. The first-order valence-electron chi connectivity index (χ1n) is 5.73. The Hall–Kier alpha value is -2.15. The molecule has 0 aliphatic rings. The summed E-state index contributed by atoms with van der Waals surface area (Å²) in [7, 11) is 0. The van der Waals surface area contributed by atoms with Crippen LogP contribution in [0.5, 0.6) is 5.75 Å². The van der Waals surface area contributed by atoms with Gasteiger partial charge in [-0.15, -0.1) is 0 Å². The molecular formula is C12H16N2O5. The first-order chi connectivity index (χ1) is 8.81. The van der Waals surface area contributed by atoms with Crippen LogP contribution in [0.2, 0.25) is 0 Å². The number of carboxylic acids is 1. The monoisotopic (exact) mass is 268 g/mol. The van der Waals surface area contributed by atoms with E-state index in [1.807, 2.05) is 0 Å². The smallest absolute Gasteiger partial charge is 0.320 e. The number of ether oxygens (including phenoxy) is 1. The number of aliphatic carboxylic acids is 1. The molecule has 0 amide bonds. The second kappa shape index (κ2) is 6.14. The zero-order valence-electron chi connectivity index (χ0n) is 10.7. The lowest BCUT2D eigenvalue weighted by molar-refractivity contribution is -0.385. The number of hydrogen-bond acceptors (Lipinski definition) is 5.